The highest BCUT2D eigenvalue weighted by Crippen LogP contribution is 2.25. The van der Waals surface area contributed by atoms with E-state index in [0.717, 1.165) is 38.3 Å². The fourth-order valence-corrected chi connectivity index (χ4v) is 2.46. The number of hydrogen-bond acceptors (Lipinski definition) is 3. The van der Waals surface area contributed by atoms with E-state index in [2.05, 4.69) is 33.2 Å². The summed E-state index contributed by atoms with van der Waals surface area (Å²) in [6.07, 6.45) is 4.13. The summed E-state index contributed by atoms with van der Waals surface area (Å²) < 4.78 is 0. The second kappa shape index (κ2) is 7.25. The summed E-state index contributed by atoms with van der Waals surface area (Å²) in [5.41, 5.74) is 3.06. The molecule has 1 saturated heterocycles. The predicted octanol–water partition coefficient (Wildman–Crippen LogP) is 2.73. The molecule has 4 nitrogen and oxygen atoms in total. The molecule has 112 valence electrons. The molecule has 0 aromatic heterocycles. The minimum atomic E-state index is -0.143. The standard InChI is InChI=1S/C15H30N2O2/c1-6-12(2)11-13(3)16-19-15(5)7-9-17(10-8-15)14(4)18/h12-13,16H,6-11H2,1-5H3. The van der Waals surface area contributed by atoms with Crippen LogP contribution in [0.2, 0.25) is 0 Å². The molecule has 2 unspecified atom stereocenters. The van der Waals surface area contributed by atoms with Gasteiger partial charge >= 0.3 is 0 Å². The summed E-state index contributed by atoms with van der Waals surface area (Å²) in [7, 11) is 0. The maximum absolute atomic E-state index is 11.3. The molecule has 19 heavy (non-hydrogen) atoms. The Kier molecular flexibility index (Phi) is 6.27. The highest BCUT2D eigenvalue weighted by atomic mass is 16.7. The molecular weight excluding hydrogens is 240 g/mol. The van der Waals surface area contributed by atoms with Crippen molar-refractivity contribution in [2.45, 2.75) is 71.9 Å². The molecule has 0 radical (unpaired) electrons. The zero-order valence-corrected chi connectivity index (χ0v) is 13.2. The van der Waals surface area contributed by atoms with Crippen LogP contribution in [-0.2, 0) is 9.63 Å². The van der Waals surface area contributed by atoms with Gasteiger partial charge in [0, 0.05) is 26.1 Å². The third-order valence-electron chi connectivity index (χ3n) is 4.23. The Morgan fingerprint density at radius 2 is 1.95 bits per heavy atom. The number of hydrogen-bond donors (Lipinski definition) is 1. The third kappa shape index (κ3) is 5.49. The Labute approximate surface area is 117 Å². The first-order valence-electron chi connectivity index (χ1n) is 7.55. The van der Waals surface area contributed by atoms with Crippen molar-refractivity contribution in [3.05, 3.63) is 0 Å². The van der Waals surface area contributed by atoms with Gasteiger partial charge in [-0.2, -0.15) is 5.48 Å². The number of nitrogens with one attached hydrogen (secondary N) is 1. The fourth-order valence-electron chi connectivity index (χ4n) is 2.46. The first kappa shape index (κ1) is 16.4. The first-order chi connectivity index (χ1) is 8.86. The Morgan fingerprint density at radius 1 is 1.37 bits per heavy atom. The maximum Gasteiger partial charge on any atom is 0.219 e. The van der Waals surface area contributed by atoms with Crippen LogP contribution in [0.1, 0.15) is 60.3 Å². The van der Waals surface area contributed by atoms with E-state index in [1.807, 2.05) is 4.90 Å². The van der Waals surface area contributed by atoms with Crippen molar-refractivity contribution < 1.29 is 9.63 Å². The molecule has 1 aliphatic heterocycles. The van der Waals surface area contributed by atoms with Crippen LogP contribution >= 0.6 is 0 Å². The fraction of sp³-hybridized carbons (Fsp3) is 0.933. The van der Waals surface area contributed by atoms with E-state index in [1.54, 1.807) is 6.92 Å². The van der Waals surface area contributed by atoms with Gasteiger partial charge in [0.25, 0.3) is 0 Å². The largest absolute Gasteiger partial charge is 0.343 e. The number of nitrogens with zero attached hydrogens (tertiary/aromatic N) is 1. The van der Waals surface area contributed by atoms with Gasteiger partial charge in [0.15, 0.2) is 0 Å². The van der Waals surface area contributed by atoms with E-state index in [-0.39, 0.29) is 11.5 Å². The zero-order valence-electron chi connectivity index (χ0n) is 13.2. The van der Waals surface area contributed by atoms with Crippen molar-refractivity contribution in [2.75, 3.05) is 13.1 Å². The molecule has 2 atom stereocenters. The second-order valence-electron chi connectivity index (χ2n) is 6.33. The summed E-state index contributed by atoms with van der Waals surface area (Å²) in [5.74, 6) is 0.888. The van der Waals surface area contributed by atoms with Crippen LogP contribution in [0.15, 0.2) is 0 Å². The molecule has 4 heteroatoms. The highest BCUT2D eigenvalue weighted by Gasteiger charge is 2.32. The monoisotopic (exact) mass is 270 g/mol. The normalized spacial score (nSPS) is 22.1. The number of piperidine rings is 1. The van der Waals surface area contributed by atoms with Gasteiger partial charge in [-0.1, -0.05) is 20.3 Å². The molecule has 0 spiro atoms. The average molecular weight is 270 g/mol. The van der Waals surface area contributed by atoms with E-state index in [1.165, 1.54) is 6.42 Å². The van der Waals surface area contributed by atoms with Crippen LogP contribution in [0.3, 0.4) is 0 Å². The van der Waals surface area contributed by atoms with Gasteiger partial charge in [-0.15, -0.1) is 0 Å². The van der Waals surface area contributed by atoms with Crippen molar-refractivity contribution in [2.24, 2.45) is 5.92 Å². The Balaban J connectivity index is 2.31. The smallest absolute Gasteiger partial charge is 0.219 e. The second-order valence-corrected chi connectivity index (χ2v) is 6.33. The van der Waals surface area contributed by atoms with E-state index in [0.29, 0.717) is 6.04 Å². The highest BCUT2D eigenvalue weighted by molar-refractivity contribution is 5.73. The summed E-state index contributed by atoms with van der Waals surface area (Å²) in [6.45, 7) is 12.0. The maximum atomic E-state index is 11.3. The molecule has 0 aromatic carbocycles. The molecule has 1 N–H and O–H groups in total. The van der Waals surface area contributed by atoms with Gasteiger partial charge in [-0.3, -0.25) is 9.63 Å². The van der Waals surface area contributed by atoms with Crippen LogP contribution in [0.5, 0.6) is 0 Å². The molecule has 1 fully saturated rings. The molecule has 1 rings (SSSR count). The average Bonchev–Trinajstić information content (AvgIpc) is 2.37. The van der Waals surface area contributed by atoms with Crippen molar-refractivity contribution in [3.63, 3.8) is 0 Å². The van der Waals surface area contributed by atoms with Crippen LogP contribution in [0.25, 0.3) is 0 Å². The number of carbonyl (C=O) groups is 1. The lowest BCUT2D eigenvalue weighted by atomic mass is 9.93. The Bertz CT molecular complexity index is 286. The molecule has 1 amide bonds. The van der Waals surface area contributed by atoms with Gasteiger partial charge in [0.2, 0.25) is 5.91 Å². The van der Waals surface area contributed by atoms with E-state index in [9.17, 15) is 4.79 Å². The molecule has 0 aliphatic carbocycles. The van der Waals surface area contributed by atoms with Gasteiger partial charge in [-0.05, 0) is 39.0 Å². The van der Waals surface area contributed by atoms with Crippen LogP contribution in [0.4, 0.5) is 0 Å². The van der Waals surface area contributed by atoms with Gasteiger partial charge in [0.05, 0.1) is 5.60 Å². The summed E-state index contributed by atoms with van der Waals surface area (Å²) in [6, 6.07) is 0.373. The van der Waals surface area contributed by atoms with Gasteiger partial charge < -0.3 is 4.90 Å². The van der Waals surface area contributed by atoms with Crippen molar-refractivity contribution >= 4 is 5.91 Å². The number of carbonyl (C=O) groups excluding carboxylic acids is 1. The number of hydroxylamine groups is 1. The molecule has 0 bridgehead atoms. The summed E-state index contributed by atoms with van der Waals surface area (Å²) in [4.78, 5) is 19.1. The Hall–Kier alpha value is -0.610. The van der Waals surface area contributed by atoms with E-state index in [4.69, 9.17) is 4.84 Å². The predicted molar refractivity (Wildman–Crippen MR) is 77.6 cm³/mol. The Morgan fingerprint density at radius 3 is 2.42 bits per heavy atom. The van der Waals surface area contributed by atoms with Gasteiger partial charge in [-0.25, -0.2) is 0 Å². The molecular formula is C15H30N2O2. The quantitative estimate of drug-likeness (QED) is 0.755. The number of amides is 1. The molecule has 0 aromatic rings. The minimum Gasteiger partial charge on any atom is -0.343 e. The lowest BCUT2D eigenvalue weighted by Gasteiger charge is -2.39. The lowest BCUT2D eigenvalue weighted by molar-refractivity contribution is -0.148. The molecule has 0 saturated carbocycles. The molecule has 1 aliphatic rings. The SMILES string of the molecule is CCC(C)CC(C)NOC1(C)CCN(C(C)=O)CC1. The van der Waals surface area contributed by atoms with Crippen LogP contribution < -0.4 is 5.48 Å². The van der Waals surface area contributed by atoms with Crippen LogP contribution in [-0.4, -0.2) is 35.5 Å². The first-order valence-corrected chi connectivity index (χ1v) is 7.55. The topological polar surface area (TPSA) is 41.6 Å². The molecule has 1 heterocycles. The zero-order chi connectivity index (χ0) is 14.5. The van der Waals surface area contributed by atoms with Crippen LogP contribution in [0, 0.1) is 5.92 Å². The number of likely N-dealkylation sites (tertiary alicyclic amines) is 1. The summed E-state index contributed by atoms with van der Waals surface area (Å²) in [5, 5.41) is 0. The lowest BCUT2D eigenvalue weighted by Crippen LogP contribution is -2.49. The van der Waals surface area contributed by atoms with E-state index < -0.39 is 0 Å². The van der Waals surface area contributed by atoms with Crippen molar-refractivity contribution in [1.29, 1.82) is 0 Å². The van der Waals surface area contributed by atoms with Crippen molar-refractivity contribution in [3.8, 4) is 0 Å². The minimum absolute atomic E-state index is 0.143. The van der Waals surface area contributed by atoms with E-state index >= 15 is 0 Å². The van der Waals surface area contributed by atoms with Crippen molar-refractivity contribution in [1.82, 2.24) is 10.4 Å². The third-order valence-corrected chi connectivity index (χ3v) is 4.23. The number of rotatable bonds is 6. The van der Waals surface area contributed by atoms with Gasteiger partial charge in [0.1, 0.15) is 0 Å². The summed E-state index contributed by atoms with van der Waals surface area (Å²) >= 11 is 0.